The van der Waals surface area contributed by atoms with Crippen LogP contribution in [0.5, 0.6) is 0 Å². The Hall–Kier alpha value is -2.02. The normalized spacial score (nSPS) is 25.4. The van der Waals surface area contributed by atoms with Crippen LogP contribution in [0, 0.1) is 0 Å². The summed E-state index contributed by atoms with van der Waals surface area (Å²) >= 11 is 0. The number of ether oxygens (including phenoxy) is 1. The summed E-state index contributed by atoms with van der Waals surface area (Å²) in [7, 11) is 1.96. The van der Waals surface area contributed by atoms with Gasteiger partial charge in [0.05, 0.1) is 0 Å². The lowest BCUT2D eigenvalue weighted by Gasteiger charge is -2.35. The van der Waals surface area contributed by atoms with Crippen molar-refractivity contribution < 1.29 is 18.3 Å². The number of alkyl halides is 2. The summed E-state index contributed by atoms with van der Waals surface area (Å²) in [5.74, 6) is -3.75. The van der Waals surface area contributed by atoms with Crippen LogP contribution in [0.15, 0.2) is 35.3 Å². The lowest BCUT2D eigenvalue weighted by Crippen LogP contribution is -2.53. The monoisotopic (exact) mass is 322 g/mol. The number of carbonyl (C=O) groups is 1. The van der Waals surface area contributed by atoms with Crippen molar-refractivity contribution in [2.75, 3.05) is 33.2 Å². The van der Waals surface area contributed by atoms with E-state index in [0.29, 0.717) is 26.2 Å². The molecule has 2 aliphatic rings. The number of amides is 1. The minimum absolute atomic E-state index is 0.194. The van der Waals surface area contributed by atoms with Gasteiger partial charge in [-0.15, -0.1) is 0 Å². The third-order valence-electron chi connectivity index (χ3n) is 4.24. The van der Waals surface area contributed by atoms with Crippen molar-refractivity contribution in [2.24, 2.45) is 4.99 Å². The Kier molecular flexibility index (Phi) is 4.30. The molecule has 2 unspecified atom stereocenters. The van der Waals surface area contributed by atoms with E-state index in [1.807, 2.05) is 7.05 Å². The Balaban J connectivity index is 1.77. The molecule has 0 aromatic heterocycles. The highest BCUT2D eigenvalue weighted by molar-refractivity contribution is 5.85. The number of hydrogen-bond acceptors (Lipinski definition) is 4. The number of carbonyl (C=O) groups excluding carboxylic acids is 1. The van der Waals surface area contributed by atoms with Crippen molar-refractivity contribution in [2.45, 2.75) is 18.1 Å². The lowest BCUT2D eigenvalue weighted by molar-refractivity contribution is -0.147. The molecule has 0 aliphatic carbocycles. The first kappa shape index (κ1) is 15.9. The van der Waals surface area contributed by atoms with Crippen LogP contribution in [0.4, 0.5) is 8.78 Å². The second-order valence-corrected chi connectivity index (χ2v) is 5.82. The molecule has 2 aliphatic heterocycles. The van der Waals surface area contributed by atoms with Gasteiger partial charge in [0.15, 0.2) is 12.1 Å². The Labute approximate surface area is 133 Å². The topological polar surface area (TPSA) is 45.1 Å². The number of rotatable bonds is 3. The van der Waals surface area contributed by atoms with Gasteiger partial charge < -0.3 is 14.5 Å². The van der Waals surface area contributed by atoms with Gasteiger partial charge in [-0.2, -0.15) is 8.78 Å². The van der Waals surface area contributed by atoms with Crippen molar-refractivity contribution >= 4 is 12.3 Å². The van der Waals surface area contributed by atoms with E-state index in [2.05, 4.69) is 16.3 Å². The van der Waals surface area contributed by atoms with Gasteiger partial charge in [0.2, 0.25) is 0 Å². The maximum Gasteiger partial charge on any atom is 0.311 e. The molecular weight excluding hydrogens is 304 g/mol. The predicted molar refractivity (Wildman–Crippen MR) is 80.5 cm³/mol. The Bertz CT molecular complexity index is 586. The van der Waals surface area contributed by atoms with E-state index >= 15 is 0 Å². The van der Waals surface area contributed by atoms with Crippen LogP contribution < -0.4 is 0 Å². The molecule has 1 fully saturated rings. The quantitative estimate of drug-likeness (QED) is 0.841. The highest BCUT2D eigenvalue weighted by atomic mass is 19.3. The van der Waals surface area contributed by atoms with Gasteiger partial charge in [-0.25, -0.2) is 4.99 Å². The molecule has 23 heavy (non-hydrogen) atoms. The maximum absolute atomic E-state index is 14.7. The van der Waals surface area contributed by atoms with E-state index in [9.17, 15) is 13.6 Å². The molecule has 0 N–H and O–H groups in total. The summed E-state index contributed by atoms with van der Waals surface area (Å²) in [5.41, 5.74) is -0.194. The van der Waals surface area contributed by atoms with Crippen LogP contribution in [0.3, 0.4) is 0 Å². The van der Waals surface area contributed by atoms with Gasteiger partial charge in [0.1, 0.15) is 0 Å². The van der Waals surface area contributed by atoms with Gasteiger partial charge in [0, 0.05) is 31.7 Å². The highest BCUT2D eigenvalue weighted by Gasteiger charge is 2.53. The number of halogens is 2. The molecule has 0 spiro atoms. The Morgan fingerprint density at radius 3 is 2.57 bits per heavy atom. The highest BCUT2D eigenvalue weighted by Crippen LogP contribution is 2.37. The number of aliphatic imine (C=N–C) groups is 1. The molecule has 5 nitrogen and oxygen atoms in total. The maximum atomic E-state index is 14.7. The summed E-state index contributed by atoms with van der Waals surface area (Å²) in [6.07, 6.45) is 0.459. The van der Waals surface area contributed by atoms with Crippen molar-refractivity contribution in [3.05, 3.63) is 35.9 Å². The minimum Gasteiger partial charge on any atom is -0.461 e. The fraction of sp³-hybridized carbons (Fsp3) is 0.500. The average Bonchev–Trinajstić information content (AvgIpc) is 3.06. The third kappa shape index (κ3) is 3.06. The molecule has 2 heterocycles. The molecule has 1 radical (unpaired) electrons. The van der Waals surface area contributed by atoms with Gasteiger partial charge in [-0.05, 0) is 7.05 Å². The molecule has 0 saturated carbocycles. The van der Waals surface area contributed by atoms with E-state index in [4.69, 9.17) is 4.74 Å². The van der Waals surface area contributed by atoms with Gasteiger partial charge >= 0.3 is 5.92 Å². The van der Waals surface area contributed by atoms with Crippen LogP contribution in [0.25, 0.3) is 0 Å². The third-order valence-corrected chi connectivity index (χ3v) is 4.24. The molecular formula is C16H18F2N3O2. The number of hydrogen-bond donors (Lipinski definition) is 0. The largest absolute Gasteiger partial charge is 0.461 e. The van der Waals surface area contributed by atoms with Crippen molar-refractivity contribution in [1.82, 2.24) is 9.80 Å². The lowest BCUT2D eigenvalue weighted by atomic mass is 9.97. The molecule has 2 atom stereocenters. The van der Waals surface area contributed by atoms with Gasteiger partial charge in [-0.1, -0.05) is 30.3 Å². The van der Waals surface area contributed by atoms with E-state index in [1.54, 1.807) is 11.0 Å². The molecule has 1 saturated heterocycles. The second-order valence-electron chi connectivity index (χ2n) is 5.82. The molecule has 1 amide bonds. The second kappa shape index (κ2) is 6.23. The fourth-order valence-corrected chi connectivity index (χ4v) is 2.77. The van der Waals surface area contributed by atoms with E-state index in [1.165, 1.54) is 24.3 Å². The molecule has 1 aromatic rings. The first-order chi connectivity index (χ1) is 11.0. The van der Waals surface area contributed by atoms with Crippen molar-refractivity contribution in [3.63, 3.8) is 0 Å². The smallest absolute Gasteiger partial charge is 0.311 e. The van der Waals surface area contributed by atoms with Crippen molar-refractivity contribution in [1.29, 1.82) is 0 Å². The summed E-state index contributed by atoms with van der Waals surface area (Å²) in [5, 5.41) is 0. The number of piperazine rings is 1. The Morgan fingerprint density at radius 2 is 1.91 bits per heavy atom. The van der Waals surface area contributed by atoms with Crippen LogP contribution >= 0.6 is 0 Å². The summed E-state index contributed by atoms with van der Waals surface area (Å²) in [6.45, 7) is 2.44. The molecule has 0 bridgehead atoms. The summed E-state index contributed by atoms with van der Waals surface area (Å²) in [4.78, 5) is 20.0. The van der Waals surface area contributed by atoms with Crippen LogP contribution in [-0.4, -0.2) is 67.5 Å². The zero-order chi connectivity index (χ0) is 16.4. The SMILES string of the molecule is CN1CCN(C(=O)C2N=[C]OC2C(F)(F)c2ccccc2)CC1. The number of benzene rings is 1. The minimum atomic E-state index is -3.32. The number of nitrogens with zero attached hydrogens (tertiary/aromatic N) is 3. The average molecular weight is 322 g/mol. The van der Waals surface area contributed by atoms with Crippen molar-refractivity contribution in [3.8, 4) is 0 Å². The first-order valence-corrected chi connectivity index (χ1v) is 7.51. The molecule has 1 aromatic carbocycles. The van der Waals surface area contributed by atoms with Gasteiger partial charge in [0.25, 0.3) is 12.3 Å². The standard InChI is InChI=1S/C16H18F2N3O2/c1-20-7-9-21(10-8-20)15(22)13-14(23-11-19-13)16(17,18)12-5-3-2-4-6-12/h2-6,13-14H,7-10H2,1H3. The van der Waals surface area contributed by atoms with Crippen LogP contribution in [0.1, 0.15) is 5.56 Å². The zero-order valence-electron chi connectivity index (χ0n) is 12.8. The summed E-state index contributed by atoms with van der Waals surface area (Å²) in [6, 6.07) is 6.09. The molecule has 123 valence electrons. The Morgan fingerprint density at radius 1 is 1.26 bits per heavy atom. The van der Waals surface area contributed by atoms with E-state index in [0.717, 1.165) is 0 Å². The summed E-state index contributed by atoms with van der Waals surface area (Å²) < 4.78 is 34.3. The molecule has 7 heteroatoms. The first-order valence-electron chi connectivity index (χ1n) is 7.51. The van der Waals surface area contributed by atoms with E-state index in [-0.39, 0.29) is 5.56 Å². The molecule has 3 rings (SSSR count). The zero-order valence-corrected chi connectivity index (χ0v) is 12.8. The number of likely N-dealkylation sites (N-methyl/N-ethyl adjacent to an activating group) is 1. The van der Waals surface area contributed by atoms with Crippen LogP contribution in [-0.2, 0) is 15.5 Å². The predicted octanol–water partition coefficient (Wildman–Crippen LogP) is 1.23. The van der Waals surface area contributed by atoms with Gasteiger partial charge in [-0.3, -0.25) is 4.79 Å². The fourth-order valence-electron chi connectivity index (χ4n) is 2.77. The van der Waals surface area contributed by atoms with Crippen LogP contribution in [0.2, 0.25) is 0 Å². The van der Waals surface area contributed by atoms with E-state index < -0.39 is 24.0 Å².